The van der Waals surface area contributed by atoms with Gasteiger partial charge in [-0.05, 0) is 19.1 Å². The highest BCUT2D eigenvalue weighted by Gasteiger charge is 2.12. The zero-order valence-electron chi connectivity index (χ0n) is 9.81. The molecule has 0 radical (unpaired) electrons. The number of fused-ring (bicyclic) bond motifs is 1. The van der Waals surface area contributed by atoms with E-state index < -0.39 is 0 Å². The molecule has 0 aliphatic carbocycles. The maximum Gasteiger partial charge on any atom is 0.298 e. The van der Waals surface area contributed by atoms with Crippen LogP contribution in [0.3, 0.4) is 0 Å². The first kappa shape index (κ1) is 11.4. The molecule has 2 rings (SSSR count). The molecule has 0 saturated heterocycles. The van der Waals surface area contributed by atoms with Gasteiger partial charge in [0.05, 0.1) is 5.84 Å². The van der Waals surface area contributed by atoms with E-state index in [9.17, 15) is 0 Å². The molecule has 1 aromatic heterocycles. The summed E-state index contributed by atoms with van der Waals surface area (Å²) in [5.41, 5.74) is 6.99. The summed E-state index contributed by atoms with van der Waals surface area (Å²) in [5, 5.41) is 7.23. The number of aromatic nitrogens is 1. The molecule has 0 aliphatic rings. The molecule has 0 unspecified atom stereocenters. The van der Waals surface area contributed by atoms with Crippen molar-refractivity contribution in [1.82, 2.24) is 4.98 Å². The van der Waals surface area contributed by atoms with Crippen LogP contribution in [0.15, 0.2) is 28.7 Å². The van der Waals surface area contributed by atoms with Crippen LogP contribution in [-0.2, 0) is 0 Å². The van der Waals surface area contributed by atoms with Crippen LogP contribution in [-0.4, -0.2) is 23.9 Å². The third-order valence-corrected chi connectivity index (χ3v) is 2.59. The Balaban J connectivity index is 2.21. The Morgan fingerprint density at radius 1 is 1.47 bits per heavy atom. The third kappa shape index (κ3) is 2.55. The first-order valence-corrected chi connectivity index (χ1v) is 5.64. The highest BCUT2D eigenvalue weighted by Crippen LogP contribution is 2.21. The monoisotopic (exact) mass is 232 g/mol. The van der Waals surface area contributed by atoms with Crippen molar-refractivity contribution in [2.45, 2.75) is 13.3 Å². The fourth-order valence-corrected chi connectivity index (χ4v) is 1.64. The van der Waals surface area contributed by atoms with Crippen LogP contribution >= 0.6 is 0 Å². The number of para-hydroxylation sites is 2. The van der Waals surface area contributed by atoms with Gasteiger partial charge in [0.2, 0.25) is 0 Å². The highest BCUT2D eigenvalue weighted by atomic mass is 16.4. The van der Waals surface area contributed by atoms with Crippen LogP contribution in [0.1, 0.15) is 13.3 Å². The van der Waals surface area contributed by atoms with E-state index in [4.69, 9.17) is 15.6 Å². The van der Waals surface area contributed by atoms with Gasteiger partial charge in [0.15, 0.2) is 5.58 Å². The lowest BCUT2D eigenvalue weighted by atomic mass is 10.3. The van der Waals surface area contributed by atoms with Crippen molar-refractivity contribution in [2.75, 3.05) is 18.0 Å². The summed E-state index contributed by atoms with van der Waals surface area (Å²) < 4.78 is 5.66. The van der Waals surface area contributed by atoms with E-state index in [1.807, 2.05) is 36.1 Å². The molecule has 1 heterocycles. The quantitative estimate of drug-likeness (QED) is 0.610. The van der Waals surface area contributed by atoms with E-state index in [2.05, 4.69) is 4.98 Å². The van der Waals surface area contributed by atoms with Crippen LogP contribution in [0.25, 0.3) is 11.1 Å². The standard InChI is InChI=1S/C12H16N4O/c1-2-16(8-7-11(13)14)12-15-9-5-3-4-6-10(9)17-12/h3-6H,2,7-8H2,1H3,(H3,13,14). The average molecular weight is 232 g/mol. The number of amidine groups is 1. The smallest absolute Gasteiger partial charge is 0.298 e. The molecule has 0 fully saturated rings. The van der Waals surface area contributed by atoms with E-state index in [-0.39, 0.29) is 5.84 Å². The third-order valence-electron chi connectivity index (χ3n) is 2.59. The minimum absolute atomic E-state index is 0.180. The zero-order valence-corrected chi connectivity index (χ0v) is 9.81. The summed E-state index contributed by atoms with van der Waals surface area (Å²) in [6, 6.07) is 8.25. The SMILES string of the molecule is CCN(CCC(=N)N)c1nc2ccccc2o1. The van der Waals surface area contributed by atoms with Gasteiger partial charge in [0.1, 0.15) is 5.52 Å². The molecule has 0 spiro atoms. The lowest BCUT2D eigenvalue weighted by molar-refractivity contribution is 0.572. The Hall–Kier alpha value is -2.04. The van der Waals surface area contributed by atoms with E-state index in [1.54, 1.807) is 0 Å². The van der Waals surface area contributed by atoms with Gasteiger partial charge in [-0.15, -0.1) is 0 Å². The zero-order chi connectivity index (χ0) is 12.3. The van der Waals surface area contributed by atoms with Crippen LogP contribution in [0.4, 0.5) is 6.01 Å². The van der Waals surface area contributed by atoms with Gasteiger partial charge in [-0.1, -0.05) is 12.1 Å². The normalized spacial score (nSPS) is 10.6. The number of anilines is 1. The van der Waals surface area contributed by atoms with E-state index in [1.165, 1.54) is 0 Å². The second-order valence-corrected chi connectivity index (χ2v) is 3.82. The lowest BCUT2D eigenvalue weighted by Crippen LogP contribution is -2.27. The topological polar surface area (TPSA) is 79.1 Å². The number of hydrogen-bond acceptors (Lipinski definition) is 4. The van der Waals surface area contributed by atoms with E-state index in [0.717, 1.165) is 17.6 Å². The molecule has 5 heteroatoms. The van der Waals surface area contributed by atoms with Crippen LogP contribution < -0.4 is 10.6 Å². The molecule has 5 nitrogen and oxygen atoms in total. The summed E-state index contributed by atoms with van der Waals surface area (Å²) >= 11 is 0. The second kappa shape index (κ2) is 4.86. The number of hydrogen-bond donors (Lipinski definition) is 2. The summed E-state index contributed by atoms with van der Waals surface area (Å²) in [6.07, 6.45) is 0.520. The van der Waals surface area contributed by atoms with Gasteiger partial charge in [-0.25, -0.2) is 0 Å². The van der Waals surface area contributed by atoms with Crippen LogP contribution in [0.5, 0.6) is 0 Å². The van der Waals surface area contributed by atoms with Gasteiger partial charge in [-0.3, -0.25) is 5.41 Å². The van der Waals surface area contributed by atoms with Gasteiger partial charge in [0, 0.05) is 19.5 Å². The Kier molecular flexibility index (Phi) is 3.27. The molecular formula is C12H16N4O. The van der Waals surface area contributed by atoms with Gasteiger partial charge < -0.3 is 15.1 Å². The van der Waals surface area contributed by atoms with Gasteiger partial charge >= 0.3 is 0 Å². The van der Waals surface area contributed by atoms with Crippen molar-refractivity contribution in [2.24, 2.45) is 5.73 Å². The molecule has 90 valence electrons. The fourth-order valence-electron chi connectivity index (χ4n) is 1.64. The largest absolute Gasteiger partial charge is 0.423 e. The Bertz CT molecular complexity index is 487. The van der Waals surface area contributed by atoms with Crippen molar-refractivity contribution in [1.29, 1.82) is 5.41 Å². The van der Waals surface area contributed by atoms with Crippen molar-refractivity contribution >= 4 is 22.9 Å². The van der Waals surface area contributed by atoms with Gasteiger partial charge in [0.25, 0.3) is 6.01 Å². The maximum atomic E-state index is 7.23. The highest BCUT2D eigenvalue weighted by molar-refractivity contribution is 5.77. The maximum absolute atomic E-state index is 7.23. The minimum Gasteiger partial charge on any atom is -0.423 e. The first-order valence-electron chi connectivity index (χ1n) is 5.64. The molecule has 0 aliphatic heterocycles. The Morgan fingerprint density at radius 3 is 2.88 bits per heavy atom. The number of benzene rings is 1. The van der Waals surface area contributed by atoms with Crippen molar-refractivity contribution in [3.63, 3.8) is 0 Å². The molecule has 0 amide bonds. The number of nitrogens with two attached hydrogens (primary N) is 1. The summed E-state index contributed by atoms with van der Waals surface area (Å²) in [4.78, 5) is 6.38. The fraction of sp³-hybridized carbons (Fsp3) is 0.333. The average Bonchev–Trinajstić information content (AvgIpc) is 2.72. The molecule has 1 aromatic carbocycles. The second-order valence-electron chi connectivity index (χ2n) is 3.82. The first-order chi connectivity index (χ1) is 8.20. The van der Waals surface area contributed by atoms with Crippen molar-refractivity contribution in [3.8, 4) is 0 Å². The van der Waals surface area contributed by atoms with Crippen molar-refractivity contribution < 1.29 is 4.42 Å². The lowest BCUT2D eigenvalue weighted by Gasteiger charge is -2.17. The molecular weight excluding hydrogens is 216 g/mol. The van der Waals surface area contributed by atoms with Crippen LogP contribution in [0, 0.1) is 5.41 Å². The molecule has 17 heavy (non-hydrogen) atoms. The summed E-state index contributed by atoms with van der Waals surface area (Å²) in [5.74, 6) is 0.180. The molecule has 3 N–H and O–H groups in total. The minimum atomic E-state index is 0.180. The Labute approximate surface area is 99.7 Å². The number of nitrogens with one attached hydrogen (secondary N) is 1. The van der Waals surface area contributed by atoms with Crippen molar-refractivity contribution in [3.05, 3.63) is 24.3 Å². The Morgan fingerprint density at radius 2 is 2.24 bits per heavy atom. The predicted molar refractivity (Wildman–Crippen MR) is 68.4 cm³/mol. The van der Waals surface area contributed by atoms with Crippen LogP contribution in [0.2, 0.25) is 0 Å². The molecule has 0 atom stereocenters. The summed E-state index contributed by atoms with van der Waals surface area (Å²) in [7, 11) is 0. The molecule has 2 aromatic rings. The molecule has 0 saturated carbocycles. The number of rotatable bonds is 5. The predicted octanol–water partition coefficient (Wildman–Crippen LogP) is 1.98. The molecule has 0 bridgehead atoms. The van der Waals surface area contributed by atoms with E-state index >= 15 is 0 Å². The van der Waals surface area contributed by atoms with E-state index in [0.29, 0.717) is 19.0 Å². The number of oxazole rings is 1. The van der Waals surface area contributed by atoms with Gasteiger partial charge in [-0.2, -0.15) is 4.98 Å². The number of nitrogens with zero attached hydrogens (tertiary/aromatic N) is 2. The summed E-state index contributed by atoms with van der Waals surface area (Å²) in [6.45, 7) is 3.45.